The Labute approximate surface area is 145 Å². The minimum atomic E-state index is -3.52. The number of amides is 1. The number of carbonyl (C=O) groups is 1. The minimum Gasteiger partial charge on any atom is -0.384 e. The van der Waals surface area contributed by atoms with E-state index in [9.17, 15) is 18.0 Å². The number of H-pyrrole nitrogens is 1. The average Bonchev–Trinajstić information content (AvgIpc) is 3.06. The van der Waals surface area contributed by atoms with Crippen molar-refractivity contribution in [2.75, 3.05) is 26.2 Å². The topological polar surface area (TPSA) is 104 Å². The van der Waals surface area contributed by atoms with Gasteiger partial charge in [-0.2, -0.15) is 9.46 Å². The molecule has 25 heavy (non-hydrogen) atoms. The van der Waals surface area contributed by atoms with Gasteiger partial charge in [-0.05, 0) is 12.1 Å². The van der Waals surface area contributed by atoms with E-state index in [0.29, 0.717) is 25.3 Å². The summed E-state index contributed by atoms with van der Waals surface area (Å²) >= 11 is 0. The number of nitrogens with one attached hydrogen (secondary N) is 1. The zero-order valence-corrected chi connectivity index (χ0v) is 14.4. The SMILES string of the molecule is O=C(CCc1cc(=O)[nH]o1)N1CCN(S(=O)(=O)c2ccccc2)CC1. The van der Waals surface area contributed by atoms with Crippen molar-refractivity contribution < 1.29 is 17.7 Å². The van der Waals surface area contributed by atoms with Gasteiger partial charge in [-0.3, -0.25) is 9.59 Å². The number of rotatable bonds is 5. The number of piperazine rings is 1. The van der Waals surface area contributed by atoms with Crippen LogP contribution in [-0.4, -0.2) is 54.9 Å². The second-order valence-corrected chi connectivity index (χ2v) is 7.71. The van der Waals surface area contributed by atoms with Crippen LogP contribution in [0.5, 0.6) is 0 Å². The van der Waals surface area contributed by atoms with Crippen LogP contribution in [0, 0.1) is 0 Å². The van der Waals surface area contributed by atoms with Crippen LogP contribution in [0.4, 0.5) is 0 Å². The molecule has 8 nitrogen and oxygen atoms in total. The maximum absolute atomic E-state index is 12.6. The molecule has 1 aromatic heterocycles. The Hall–Kier alpha value is -2.39. The molecule has 3 rings (SSSR count). The van der Waals surface area contributed by atoms with Crippen molar-refractivity contribution in [3.05, 3.63) is 52.5 Å². The van der Waals surface area contributed by atoms with E-state index in [1.807, 2.05) is 0 Å². The van der Waals surface area contributed by atoms with Crippen LogP contribution < -0.4 is 5.56 Å². The van der Waals surface area contributed by atoms with Crippen molar-refractivity contribution >= 4 is 15.9 Å². The lowest BCUT2D eigenvalue weighted by Gasteiger charge is -2.34. The molecule has 0 unspecified atom stereocenters. The van der Waals surface area contributed by atoms with Gasteiger partial charge in [0.25, 0.3) is 5.56 Å². The van der Waals surface area contributed by atoms with E-state index in [-0.39, 0.29) is 35.9 Å². The summed E-state index contributed by atoms with van der Waals surface area (Å²) in [6.45, 7) is 1.23. The fourth-order valence-corrected chi connectivity index (χ4v) is 4.20. The Bertz CT molecular complexity index is 880. The summed E-state index contributed by atoms with van der Waals surface area (Å²) in [4.78, 5) is 25.1. The van der Waals surface area contributed by atoms with Gasteiger partial charge in [-0.25, -0.2) is 8.42 Å². The van der Waals surface area contributed by atoms with Crippen molar-refractivity contribution in [2.24, 2.45) is 0 Å². The molecule has 1 saturated heterocycles. The van der Waals surface area contributed by atoms with E-state index < -0.39 is 10.0 Å². The Morgan fingerprint density at radius 1 is 1.12 bits per heavy atom. The van der Waals surface area contributed by atoms with Crippen LogP contribution in [0.25, 0.3) is 0 Å². The van der Waals surface area contributed by atoms with E-state index in [4.69, 9.17) is 4.52 Å². The number of aryl methyl sites for hydroxylation is 1. The summed E-state index contributed by atoms with van der Waals surface area (Å²) < 4.78 is 31.4. The first-order valence-corrected chi connectivity index (χ1v) is 9.41. The lowest BCUT2D eigenvalue weighted by Crippen LogP contribution is -2.50. The van der Waals surface area contributed by atoms with Crippen LogP contribution in [0.3, 0.4) is 0 Å². The summed E-state index contributed by atoms with van der Waals surface area (Å²) in [5.41, 5.74) is -0.331. The Morgan fingerprint density at radius 3 is 2.40 bits per heavy atom. The molecule has 1 aliphatic rings. The third-order valence-corrected chi connectivity index (χ3v) is 6.05. The predicted octanol–water partition coefficient (Wildman–Crippen LogP) is 0.434. The van der Waals surface area contributed by atoms with Crippen molar-refractivity contribution in [1.29, 1.82) is 0 Å². The van der Waals surface area contributed by atoms with Gasteiger partial charge >= 0.3 is 0 Å². The highest BCUT2D eigenvalue weighted by Gasteiger charge is 2.29. The first kappa shape index (κ1) is 17.4. The number of aromatic nitrogens is 1. The fourth-order valence-electron chi connectivity index (χ4n) is 2.75. The van der Waals surface area contributed by atoms with E-state index in [2.05, 4.69) is 5.16 Å². The number of aromatic amines is 1. The van der Waals surface area contributed by atoms with E-state index in [1.54, 1.807) is 35.2 Å². The zero-order chi connectivity index (χ0) is 17.9. The molecule has 0 aliphatic carbocycles. The Morgan fingerprint density at radius 2 is 1.80 bits per heavy atom. The summed E-state index contributed by atoms with van der Waals surface area (Å²) in [6.07, 6.45) is 0.548. The van der Waals surface area contributed by atoms with Crippen LogP contribution in [-0.2, 0) is 21.2 Å². The normalized spacial score (nSPS) is 16.1. The lowest BCUT2D eigenvalue weighted by atomic mass is 10.2. The van der Waals surface area contributed by atoms with E-state index in [0.717, 1.165) is 0 Å². The molecule has 1 N–H and O–H groups in total. The van der Waals surface area contributed by atoms with Crippen molar-refractivity contribution in [3.63, 3.8) is 0 Å². The van der Waals surface area contributed by atoms with Crippen LogP contribution in [0.2, 0.25) is 0 Å². The molecule has 1 aromatic carbocycles. The number of hydrogen-bond donors (Lipinski definition) is 1. The van der Waals surface area contributed by atoms with Crippen molar-refractivity contribution in [2.45, 2.75) is 17.7 Å². The standard InChI is InChI=1S/C16H19N3O5S/c20-15-12-13(24-17-15)6-7-16(21)18-8-10-19(11-9-18)25(22,23)14-4-2-1-3-5-14/h1-5,12H,6-11H2,(H,17,20). The van der Waals surface area contributed by atoms with Crippen LogP contribution in [0.1, 0.15) is 12.2 Å². The quantitative estimate of drug-likeness (QED) is 0.828. The van der Waals surface area contributed by atoms with Gasteiger partial charge in [-0.1, -0.05) is 18.2 Å². The molecule has 1 fully saturated rings. The van der Waals surface area contributed by atoms with Gasteiger partial charge in [0.05, 0.1) is 4.90 Å². The van der Waals surface area contributed by atoms with E-state index in [1.165, 1.54) is 10.4 Å². The third kappa shape index (κ3) is 3.99. The number of carbonyl (C=O) groups excluding carboxylic acids is 1. The highest BCUT2D eigenvalue weighted by atomic mass is 32.2. The summed E-state index contributed by atoms with van der Waals surface area (Å²) in [5.74, 6) is 0.351. The molecule has 0 bridgehead atoms. The highest BCUT2D eigenvalue weighted by molar-refractivity contribution is 7.89. The molecule has 1 amide bonds. The Balaban J connectivity index is 1.54. The molecule has 0 spiro atoms. The molecule has 0 radical (unpaired) electrons. The summed E-state index contributed by atoms with van der Waals surface area (Å²) in [6, 6.07) is 9.59. The molecular weight excluding hydrogens is 346 g/mol. The third-order valence-electron chi connectivity index (χ3n) is 4.13. The van der Waals surface area contributed by atoms with Gasteiger partial charge in [0, 0.05) is 45.1 Å². The van der Waals surface area contributed by atoms with Gasteiger partial charge in [0.1, 0.15) is 5.76 Å². The van der Waals surface area contributed by atoms with Crippen LogP contribution in [0.15, 0.2) is 50.6 Å². The largest absolute Gasteiger partial charge is 0.384 e. The molecule has 134 valence electrons. The van der Waals surface area contributed by atoms with E-state index >= 15 is 0 Å². The summed E-state index contributed by atoms with van der Waals surface area (Å²) in [5, 5.41) is 2.18. The average molecular weight is 365 g/mol. The van der Waals surface area contributed by atoms with Gasteiger partial charge in [-0.15, -0.1) is 0 Å². The van der Waals surface area contributed by atoms with Gasteiger partial charge < -0.3 is 9.42 Å². The van der Waals surface area contributed by atoms with Crippen LogP contribution >= 0.6 is 0 Å². The molecule has 0 atom stereocenters. The molecule has 0 saturated carbocycles. The fraction of sp³-hybridized carbons (Fsp3) is 0.375. The maximum Gasteiger partial charge on any atom is 0.280 e. The minimum absolute atomic E-state index is 0.0828. The molecule has 2 heterocycles. The van der Waals surface area contributed by atoms with Gasteiger partial charge in [0.15, 0.2) is 0 Å². The Kier molecular flexibility index (Phi) is 5.05. The van der Waals surface area contributed by atoms with Gasteiger partial charge in [0.2, 0.25) is 15.9 Å². The number of sulfonamides is 1. The first-order chi connectivity index (χ1) is 12.0. The molecule has 1 aliphatic heterocycles. The smallest absolute Gasteiger partial charge is 0.280 e. The highest BCUT2D eigenvalue weighted by Crippen LogP contribution is 2.17. The predicted molar refractivity (Wildman–Crippen MR) is 89.4 cm³/mol. The summed E-state index contributed by atoms with van der Waals surface area (Å²) in [7, 11) is -3.52. The van der Waals surface area contributed by atoms with Crippen molar-refractivity contribution in [3.8, 4) is 0 Å². The first-order valence-electron chi connectivity index (χ1n) is 7.97. The lowest BCUT2D eigenvalue weighted by molar-refractivity contribution is -0.132. The number of nitrogens with zero attached hydrogens (tertiary/aromatic N) is 2. The number of hydrogen-bond acceptors (Lipinski definition) is 5. The second-order valence-electron chi connectivity index (χ2n) is 5.78. The molecule has 9 heteroatoms. The van der Waals surface area contributed by atoms with Crippen molar-refractivity contribution in [1.82, 2.24) is 14.4 Å². The monoisotopic (exact) mass is 365 g/mol. The molecule has 2 aromatic rings. The maximum atomic E-state index is 12.6. The zero-order valence-electron chi connectivity index (χ0n) is 13.6. The second kappa shape index (κ2) is 7.24. The number of benzene rings is 1. The molecular formula is C16H19N3O5S.